The number of piperidine rings is 1. The molecule has 3 nitrogen and oxygen atoms in total. The van der Waals surface area contributed by atoms with E-state index >= 15 is 0 Å². The molecule has 1 aliphatic rings. The number of furan rings is 1. The molecule has 1 saturated heterocycles. The summed E-state index contributed by atoms with van der Waals surface area (Å²) in [5.74, 6) is 0.884. The average molecular weight is 243 g/mol. The molecule has 2 atom stereocenters. The van der Waals surface area contributed by atoms with Crippen molar-refractivity contribution in [1.29, 1.82) is 0 Å². The summed E-state index contributed by atoms with van der Waals surface area (Å²) in [6.45, 7) is 5.23. The Kier molecular flexibility index (Phi) is 3.90. The third-order valence-electron chi connectivity index (χ3n) is 3.26. The molecule has 0 aromatic carbocycles. The maximum Gasteiger partial charge on any atom is 0.193 e. The molecule has 1 N–H and O–H groups in total. The molecule has 2 heterocycles. The Labute approximate surface area is 102 Å². The molecule has 0 amide bonds. The molecule has 0 saturated carbocycles. The zero-order valence-electron chi connectivity index (χ0n) is 9.87. The highest BCUT2D eigenvalue weighted by Crippen LogP contribution is 2.21. The molecule has 0 aliphatic carbocycles. The van der Waals surface area contributed by atoms with Crippen LogP contribution in [-0.4, -0.2) is 17.1 Å². The molecule has 2 unspecified atom stereocenters. The molecule has 0 radical (unpaired) electrons. The van der Waals surface area contributed by atoms with Crippen LogP contribution >= 0.6 is 11.6 Å². The van der Waals surface area contributed by atoms with Crippen molar-refractivity contribution in [2.24, 2.45) is 0 Å². The first-order valence-corrected chi connectivity index (χ1v) is 6.30. The standard InChI is InChI=1S/C12H19ClN2O/c1-9-4-3-5-10(2)15(9)14-8-11-6-7-12(13)16-11/h6-7,9-10,14H,3-5,8H2,1-2H3. The normalized spacial score (nSPS) is 27.2. The van der Waals surface area contributed by atoms with Crippen LogP contribution in [0.5, 0.6) is 0 Å². The Bertz CT molecular complexity index is 330. The average Bonchev–Trinajstić information content (AvgIpc) is 2.63. The SMILES string of the molecule is CC1CCCC(C)N1NCc1ccc(Cl)o1. The van der Waals surface area contributed by atoms with Crippen molar-refractivity contribution in [2.45, 2.75) is 51.7 Å². The van der Waals surface area contributed by atoms with Gasteiger partial charge in [0.25, 0.3) is 0 Å². The number of hydrazine groups is 1. The molecule has 4 heteroatoms. The summed E-state index contributed by atoms with van der Waals surface area (Å²) in [5, 5.41) is 2.79. The topological polar surface area (TPSA) is 28.4 Å². The van der Waals surface area contributed by atoms with Crippen LogP contribution in [0.1, 0.15) is 38.9 Å². The minimum Gasteiger partial charge on any atom is -0.448 e. The second-order valence-corrected chi connectivity index (χ2v) is 4.95. The number of nitrogens with one attached hydrogen (secondary N) is 1. The van der Waals surface area contributed by atoms with Gasteiger partial charge >= 0.3 is 0 Å². The molecule has 0 bridgehead atoms. The molecule has 16 heavy (non-hydrogen) atoms. The summed E-state index contributed by atoms with van der Waals surface area (Å²) < 4.78 is 5.32. The van der Waals surface area contributed by atoms with E-state index < -0.39 is 0 Å². The zero-order valence-corrected chi connectivity index (χ0v) is 10.6. The first-order chi connectivity index (χ1) is 7.66. The van der Waals surface area contributed by atoms with E-state index in [9.17, 15) is 0 Å². The lowest BCUT2D eigenvalue weighted by atomic mass is 10.00. The van der Waals surface area contributed by atoms with Crippen molar-refractivity contribution in [3.8, 4) is 0 Å². The quantitative estimate of drug-likeness (QED) is 0.883. The van der Waals surface area contributed by atoms with E-state index in [-0.39, 0.29) is 0 Å². The van der Waals surface area contributed by atoms with Crippen LogP contribution in [0.15, 0.2) is 16.5 Å². The molecular weight excluding hydrogens is 224 g/mol. The minimum atomic E-state index is 0.455. The lowest BCUT2D eigenvalue weighted by Gasteiger charge is -2.38. The van der Waals surface area contributed by atoms with Gasteiger partial charge in [0.15, 0.2) is 5.22 Å². The van der Waals surface area contributed by atoms with Crippen LogP contribution in [0, 0.1) is 0 Å². The molecule has 90 valence electrons. The van der Waals surface area contributed by atoms with Gasteiger partial charge in [0.1, 0.15) is 5.76 Å². The summed E-state index contributed by atoms with van der Waals surface area (Å²) in [6.07, 6.45) is 3.85. The summed E-state index contributed by atoms with van der Waals surface area (Å²) in [6, 6.07) is 4.87. The highest BCUT2D eigenvalue weighted by Gasteiger charge is 2.24. The highest BCUT2D eigenvalue weighted by atomic mass is 35.5. The number of hydrogen-bond acceptors (Lipinski definition) is 3. The van der Waals surface area contributed by atoms with E-state index in [1.54, 1.807) is 6.07 Å². The van der Waals surface area contributed by atoms with Gasteiger partial charge in [-0.1, -0.05) is 6.42 Å². The Morgan fingerprint density at radius 3 is 2.62 bits per heavy atom. The lowest BCUT2D eigenvalue weighted by Crippen LogP contribution is -2.51. The fraction of sp³-hybridized carbons (Fsp3) is 0.667. The number of rotatable bonds is 3. The number of hydrogen-bond donors (Lipinski definition) is 1. The second-order valence-electron chi connectivity index (χ2n) is 4.58. The van der Waals surface area contributed by atoms with Crippen molar-refractivity contribution in [2.75, 3.05) is 0 Å². The van der Waals surface area contributed by atoms with Crippen LogP contribution in [0.25, 0.3) is 0 Å². The molecule has 2 rings (SSSR count). The summed E-state index contributed by atoms with van der Waals surface area (Å²) in [4.78, 5) is 0. The van der Waals surface area contributed by atoms with Gasteiger partial charge in [-0.15, -0.1) is 0 Å². The Balaban J connectivity index is 1.88. The van der Waals surface area contributed by atoms with Crippen LogP contribution in [0.2, 0.25) is 5.22 Å². The predicted molar refractivity (Wildman–Crippen MR) is 65.2 cm³/mol. The molecule has 1 fully saturated rings. The van der Waals surface area contributed by atoms with Gasteiger partial charge in [-0.2, -0.15) is 0 Å². The summed E-state index contributed by atoms with van der Waals surface area (Å²) >= 11 is 5.73. The number of nitrogens with zero attached hydrogens (tertiary/aromatic N) is 1. The van der Waals surface area contributed by atoms with Crippen LogP contribution in [0.3, 0.4) is 0 Å². The third-order valence-corrected chi connectivity index (χ3v) is 3.46. The minimum absolute atomic E-state index is 0.455. The van der Waals surface area contributed by atoms with Gasteiger partial charge in [0.2, 0.25) is 0 Å². The predicted octanol–water partition coefficient (Wildman–Crippen LogP) is 3.20. The van der Waals surface area contributed by atoms with Gasteiger partial charge < -0.3 is 4.42 Å². The lowest BCUT2D eigenvalue weighted by molar-refractivity contribution is 0.0412. The number of halogens is 1. The van der Waals surface area contributed by atoms with Gasteiger partial charge in [-0.25, -0.2) is 10.4 Å². The van der Waals surface area contributed by atoms with Crippen molar-refractivity contribution in [1.82, 2.24) is 10.4 Å². The first-order valence-electron chi connectivity index (χ1n) is 5.93. The Morgan fingerprint density at radius 2 is 2.06 bits per heavy atom. The first kappa shape index (κ1) is 12.0. The molecule has 1 aromatic rings. The van der Waals surface area contributed by atoms with E-state index in [1.807, 2.05) is 6.07 Å². The van der Waals surface area contributed by atoms with E-state index in [2.05, 4.69) is 24.3 Å². The van der Waals surface area contributed by atoms with Gasteiger partial charge in [0, 0.05) is 12.1 Å². The smallest absolute Gasteiger partial charge is 0.193 e. The van der Waals surface area contributed by atoms with Gasteiger partial charge in [-0.05, 0) is 50.4 Å². The third kappa shape index (κ3) is 2.78. The maximum absolute atomic E-state index is 5.73. The van der Waals surface area contributed by atoms with Crippen molar-refractivity contribution >= 4 is 11.6 Å². The largest absolute Gasteiger partial charge is 0.448 e. The van der Waals surface area contributed by atoms with E-state index in [1.165, 1.54) is 19.3 Å². The Morgan fingerprint density at radius 1 is 1.38 bits per heavy atom. The van der Waals surface area contributed by atoms with Crippen LogP contribution < -0.4 is 5.43 Å². The fourth-order valence-electron chi connectivity index (χ4n) is 2.35. The van der Waals surface area contributed by atoms with Crippen LogP contribution in [0.4, 0.5) is 0 Å². The zero-order chi connectivity index (χ0) is 11.5. The Hall–Kier alpha value is -0.510. The van der Waals surface area contributed by atoms with E-state index in [0.29, 0.717) is 23.8 Å². The van der Waals surface area contributed by atoms with Crippen molar-refractivity contribution in [3.63, 3.8) is 0 Å². The second kappa shape index (κ2) is 5.21. The molecule has 0 spiro atoms. The van der Waals surface area contributed by atoms with Crippen molar-refractivity contribution in [3.05, 3.63) is 23.1 Å². The molecule has 1 aromatic heterocycles. The molecular formula is C12H19ClN2O. The van der Waals surface area contributed by atoms with Gasteiger partial charge in [0.05, 0.1) is 6.54 Å². The summed E-state index contributed by atoms with van der Waals surface area (Å²) in [7, 11) is 0. The maximum atomic E-state index is 5.73. The highest BCUT2D eigenvalue weighted by molar-refractivity contribution is 6.28. The van der Waals surface area contributed by atoms with Crippen LogP contribution in [-0.2, 0) is 6.54 Å². The van der Waals surface area contributed by atoms with E-state index in [4.69, 9.17) is 16.0 Å². The van der Waals surface area contributed by atoms with Crippen molar-refractivity contribution < 1.29 is 4.42 Å². The fourth-order valence-corrected chi connectivity index (χ4v) is 2.51. The van der Waals surface area contributed by atoms with Gasteiger partial charge in [-0.3, -0.25) is 0 Å². The molecule has 1 aliphatic heterocycles. The monoisotopic (exact) mass is 242 g/mol. The van der Waals surface area contributed by atoms with E-state index in [0.717, 1.165) is 5.76 Å². The summed E-state index contributed by atoms with van der Waals surface area (Å²) in [5.41, 5.74) is 3.43.